The van der Waals surface area contributed by atoms with Gasteiger partial charge in [0.2, 0.25) is 0 Å². The number of benzene rings is 1. The predicted molar refractivity (Wildman–Crippen MR) is 118 cm³/mol. The number of phenolic OH excluding ortho intramolecular Hbond substituents is 1. The third-order valence-corrected chi connectivity index (χ3v) is 5.30. The fraction of sp³-hybridized carbons (Fsp3) is 0.600. The Morgan fingerprint density at radius 2 is 1.90 bits per heavy atom. The minimum Gasteiger partial charge on any atom is -0.504 e. The van der Waals surface area contributed by atoms with Crippen molar-refractivity contribution in [3.63, 3.8) is 0 Å². The van der Waals surface area contributed by atoms with E-state index in [0.717, 1.165) is 50.5 Å². The van der Waals surface area contributed by atoms with Gasteiger partial charge in [-0.25, -0.2) is 0 Å². The number of aromatic hydroxyl groups is 1. The number of rotatable bonds is 10. The molecule has 3 atom stereocenters. The van der Waals surface area contributed by atoms with Crippen LogP contribution < -0.4 is 4.74 Å². The van der Waals surface area contributed by atoms with E-state index in [1.54, 1.807) is 13.2 Å². The van der Waals surface area contributed by atoms with Gasteiger partial charge < -0.3 is 19.3 Å². The van der Waals surface area contributed by atoms with Crippen LogP contribution in [0.25, 0.3) is 0 Å². The highest BCUT2D eigenvalue weighted by atomic mass is 16.7. The highest BCUT2D eigenvalue weighted by molar-refractivity contribution is 5.41. The summed E-state index contributed by atoms with van der Waals surface area (Å²) in [5.74, 6) is 0.697. The lowest BCUT2D eigenvalue weighted by atomic mass is 9.99. The normalized spacial score (nSPS) is 22.4. The number of aryl methyl sites for hydroxylation is 1. The van der Waals surface area contributed by atoms with E-state index in [4.69, 9.17) is 14.2 Å². The molecule has 1 N–H and O–H groups in total. The van der Waals surface area contributed by atoms with E-state index in [9.17, 15) is 5.11 Å². The molecule has 0 aromatic heterocycles. The van der Waals surface area contributed by atoms with Crippen LogP contribution in [0, 0.1) is 0 Å². The van der Waals surface area contributed by atoms with Gasteiger partial charge in [-0.1, -0.05) is 36.6 Å². The van der Waals surface area contributed by atoms with Crippen molar-refractivity contribution < 1.29 is 19.3 Å². The summed E-state index contributed by atoms with van der Waals surface area (Å²) >= 11 is 0. The summed E-state index contributed by atoms with van der Waals surface area (Å²) in [6, 6.07) is 5.55. The van der Waals surface area contributed by atoms with E-state index < -0.39 is 0 Å². The van der Waals surface area contributed by atoms with Gasteiger partial charge in [-0.05, 0) is 76.6 Å². The summed E-state index contributed by atoms with van der Waals surface area (Å²) in [4.78, 5) is 0. The molecule has 0 radical (unpaired) electrons. The minimum atomic E-state index is -0.258. The first-order valence-electron chi connectivity index (χ1n) is 10.9. The van der Waals surface area contributed by atoms with Gasteiger partial charge in [0.15, 0.2) is 17.8 Å². The zero-order valence-electron chi connectivity index (χ0n) is 18.7. The molecule has 1 heterocycles. The maximum absolute atomic E-state index is 9.78. The van der Waals surface area contributed by atoms with Crippen LogP contribution in [-0.2, 0) is 15.9 Å². The average Bonchev–Trinajstić information content (AvgIpc) is 2.67. The van der Waals surface area contributed by atoms with Crippen LogP contribution in [0.2, 0.25) is 0 Å². The molecule has 1 fully saturated rings. The molecule has 4 heteroatoms. The van der Waals surface area contributed by atoms with Gasteiger partial charge in [0.1, 0.15) is 0 Å². The maximum Gasteiger partial charge on any atom is 0.177 e. The van der Waals surface area contributed by atoms with Crippen LogP contribution in [0.3, 0.4) is 0 Å². The van der Waals surface area contributed by atoms with Crippen molar-refractivity contribution >= 4 is 0 Å². The summed E-state index contributed by atoms with van der Waals surface area (Å²) in [5.41, 5.74) is 3.82. The van der Waals surface area contributed by atoms with E-state index in [1.807, 2.05) is 12.1 Å². The van der Waals surface area contributed by atoms with Crippen LogP contribution in [0.1, 0.15) is 71.8 Å². The largest absolute Gasteiger partial charge is 0.504 e. The first-order valence-corrected chi connectivity index (χ1v) is 10.9. The van der Waals surface area contributed by atoms with Gasteiger partial charge in [0, 0.05) is 6.42 Å². The van der Waals surface area contributed by atoms with Crippen LogP contribution in [0.15, 0.2) is 41.5 Å². The summed E-state index contributed by atoms with van der Waals surface area (Å²) in [6.07, 6.45) is 11.6. The Hall–Kier alpha value is -1.78. The highest BCUT2D eigenvalue weighted by Crippen LogP contribution is 2.29. The molecule has 0 bridgehead atoms. The number of allylic oxidation sites excluding steroid dienone is 3. The summed E-state index contributed by atoms with van der Waals surface area (Å²) in [6.45, 7) is 8.63. The average molecular weight is 403 g/mol. The molecule has 1 saturated heterocycles. The van der Waals surface area contributed by atoms with Crippen molar-refractivity contribution in [2.75, 3.05) is 7.11 Å². The molecule has 3 unspecified atom stereocenters. The molecule has 2 rings (SSSR count). The fourth-order valence-electron chi connectivity index (χ4n) is 3.70. The number of phenols is 1. The van der Waals surface area contributed by atoms with Gasteiger partial charge in [-0.15, -0.1) is 0 Å². The number of hydrogen-bond donors (Lipinski definition) is 1. The molecule has 0 amide bonds. The van der Waals surface area contributed by atoms with Gasteiger partial charge >= 0.3 is 0 Å². The fourth-order valence-corrected chi connectivity index (χ4v) is 3.70. The van der Waals surface area contributed by atoms with Crippen LogP contribution in [0.5, 0.6) is 11.5 Å². The second-order valence-electron chi connectivity index (χ2n) is 8.29. The predicted octanol–water partition coefficient (Wildman–Crippen LogP) is 6.33. The topological polar surface area (TPSA) is 47.9 Å². The zero-order chi connectivity index (χ0) is 21.2. The standard InChI is InChI=1S/C25H38O4/c1-6-8-21-17-22(13-11-20-12-14-23(26)24(16-20)27-5)29-25(28-21)15-19(4)10-7-9-18(2)3/h9,12,14-16,21-22,25-26H,6-8,10-11,13,17H2,1-5H3. The first kappa shape index (κ1) is 23.5. The van der Waals surface area contributed by atoms with Gasteiger partial charge in [0.25, 0.3) is 0 Å². The molecule has 0 saturated carbocycles. The molecule has 1 aromatic carbocycles. The molecule has 0 aliphatic carbocycles. The third-order valence-electron chi connectivity index (χ3n) is 5.30. The molecule has 1 aliphatic rings. The maximum atomic E-state index is 9.78. The van der Waals surface area contributed by atoms with Crippen molar-refractivity contribution in [3.05, 3.63) is 47.1 Å². The van der Waals surface area contributed by atoms with Gasteiger partial charge in [0.05, 0.1) is 19.3 Å². The van der Waals surface area contributed by atoms with E-state index >= 15 is 0 Å². The Morgan fingerprint density at radius 3 is 2.55 bits per heavy atom. The molecule has 162 valence electrons. The van der Waals surface area contributed by atoms with Crippen molar-refractivity contribution in [1.82, 2.24) is 0 Å². The Labute approximate surface area is 176 Å². The number of hydrogen-bond acceptors (Lipinski definition) is 4. The SMILES string of the molecule is CCCC1CC(CCc2ccc(O)c(OC)c2)OC(C=C(C)CCC=C(C)C)O1. The van der Waals surface area contributed by atoms with Crippen molar-refractivity contribution in [2.45, 2.75) is 91.1 Å². The van der Waals surface area contributed by atoms with Crippen LogP contribution >= 0.6 is 0 Å². The Morgan fingerprint density at radius 1 is 1.17 bits per heavy atom. The van der Waals surface area contributed by atoms with Gasteiger partial charge in [-0.2, -0.15) is 0 Å². The van der Waals surface area contributed by atoms with E-state index in [2.05, 4.69) is 39.8 Å². The van der Waals surface area contributed by atoms with E-state index in [-0.39, 0.29) is 24.2 Å². The lowest BCUT2D eigenvalue weighted by Crippen LogP contribution is -2.37. The lowest BCUT2D eigenvalue weighted by molar-refractivity contribution is -0.222. The van der Waals surface area contributed by atoms with Crippen LogP contribution in [-0.4, -0.2) is 30.7 Å². The second kappa shape index (κ2) is 12.0. The number of methoxy groups -OCH3 is 1. The lowest BCUT2D eigenvalue weighted by Gasteiger charge is -2.35. The highest BCUT2D eigenvalue weighted by Gasteiger charge is 2.28. The molecular formula is C25H38O4. The summed E-state index contributed by atoms with van der Waals surface area (Å²) in [5, 5.41) is 9.78. The van der Waals surface area contributed by atoms with Gasteiger partial charge in [-0.3, -0.25) is 0 Å². The Balaban J connectivity index is 1.97. The molecule has 1 aliphatic heterocycles. The molecule has 4 nitrogen and oxygen atoms in total. The van der Waals surface area contributed by atoms with Crippen LogP contribution in [0.4, 0.5) is 0 Å². The number of ether oxygens (including phenoxy) is 3. The zero-order valence-corrected chi connectivity index (χ0v) is 18.7. The summed E-state index contributed by atoms with van der Waals surface area (Å²) < 4.78 is 17.7. The quantitative estimate of drug-likeness (QED) is 0.465. The van der Waals surface area contributed by atoms with Crippen molar-refractivity contribution in [1.29, 1.82) is 0 Å². The molecular weight excluding hydrogens is 364 g/mol. The molecule has 0 spiro atoms. The minimum absolute atomic E-state index is 0.173. The smallest absolute Gasteiger partial charge is 0.177 e. The van der Waals surface area contributed by atoms with E-state index in [0.29, 0.717) is 5.75 Å². The Bertz CT molecular complexity index is 688. The van der Waals surface area contributed by atoms with E-state index in [1.165, 1.54) is 11.1 Å². The monoisotopic (exact) mass is 402 g/mol. The Kier molecular flexibility index (Phi) is 9.75. The molecule has 1 aromatic rings. The third kappa shape index (κ3) is 8.23. The summed E-state index contributed by atoms with van der Waals surface area (Å²) in [7, 11) is 1.58. The molecule has 29 heavy (non-hydrogen) atoms. The van der Waals surface area contributed by atoms with Crippen molar-refractivity contribution in [2.24, 2.45) is 0 Å². The van der Waals surface area contributed by atoms with Crippen molar-refractivity contribution in [3.8, 4) is 11.5 Å². The second-order valence-corrected chi connectivity index (χ2v) is 8.29. The first-order chi connectivity index (χ1) is 13.9.